The van der Waals surface area contributed by atoms with Gasteiger partial charge >= 0.3 is 0 Å². The van der Waals surface area contributed by atoms with E-state index in [1.165, 1.54) is 29.4 Å². The van der Waals surface area contributed by atoms with Gasteiger partial charge in [0, 0.05) is 42.0 Å². The largest absolute Gasteiger partial charge is 0.351 e. The number of rotatable bonds is 7. The molecule has 4 heterocycles. The van der Waals surface area contributed by atoms with Gasteiger partial charge in [-0.25, -0.2) is 28.6 Å². The molecule has 0 bridgehead atoms. The molecule has 2 saturated carbocycles. The fraction of sp³-hybridized carbons (Fsp3) is 0.345. The Labute approximate surface area is 224 Å². The molecule has 0 spiro atoms. The minimum atomic E-state index is -0.359. The van der Waals surface area contributed by atoms with E-state index in [9.17, 15) is 9.18 Å². The fourth-order valence-corrected chi connectivity index (χ4v) is 5.40. The molecule has 10 heteroatoms. The minimum absolute atomic E-state index is 0.165. The number of nitrogens with zero attached hydrogens (tertiary/aromatic N) is 6. The van der Waals surface area contributed by atoms with Crippen molar-refractivity contribution in [1.29, 1.82) is 0 Å². The molecule has 0 aliphatic heterocycles. The second kappa shape index (κ2) is 8.94. The lowest BCUT2D eigenvalue weighted by atomic mass is 9.78. The first-order valence-electron chi connectivity index (χ1n) is 13.4. The zero-order valence-electron chi connectivity index (χ0n) is 21.9. The first-order chi connectivity index (χ1) is 18.9. The van der Waals surface area contributed by atoms with E-state index < -0.39 is 0 Å². The Bertz CT molecular complexity index is 1780. The lowest BCUT2D eigenvalue weighted by molar-refractivity contribution is 0.206. The number of aromatic nitrogens is 7. The number of H-pyrrole nitrogens is 1. The molecule has 7 rings (SSSR count). The molecule has 0 saturated heterocycles. The van der Waals surface area contributed by atoms with Crippen LogP contribution in [0.5, 0.6) is 0 Å². The van der Waals surface area contributed by atoms with Crippen LogP contribution in [0.25, 0.3) is 39.4 Å². The van der Waals surface area contributed by atoms with E-state index in [2.05, 4.69) is 32.3 Å². The summed E-state index contributed by atoms with van der Waals surface area (Å²) in [6.07, 6.45) is 8.66. The maximum absolute atomic E-state index is 14.4. The van der Waals surface area contributed by atoms with Crippen molar-refractivity contribution in [1.82, 2.24) is 39.6 Å². The molecular formula is C29H29FN8O. The summed E-state index contributed by atoms with van der Waals surface area (Å²) < 4.78 is 17.5. The molecule has 2 aliphatic rings. The monoisotopic (exact) mass is 524 g/mol. The third kappa shape index (κ3) is 4.34. The van der Waals surface area contributed by atoms with Crippen molar-refractivity contribution in [3.8, 4) is 28.3 Å². The van der Waals surface area contributed by atoms with Crippen LogP contribution in [0.2, 0.25) is 0 Å². The molecule has 198 valence electrons. The summed E-state index contributed by atoms with van der Waals surface area (Å²) in [4.78, 5) is 30.7. The van der Waals surface area contributed by atoms with Crippen molar-refractivity contribution < 1.29 is 4.39 Å². The van der Waals surface area contributed by atoms with Gasteiger partial charge in [-0.2, -0.15) is 5.10 Å². The molecule has 4 aromatic heterocycles. The van der Waals surface area contributed by atoms with E-state index >= 15 is 0 Å². The smallest absolute Gasteiger partial charge is 0.283 e. The predicted molar refractivity (Wildman–Crippen MR) is 146 cm³/mol. The predicted octanol–water partition coefficient (Wildman–Crippen LogP) is 4.62. The van der Waals surface area contributed by atoms with Crippen molar-refractivity contribution >= 4 is 11.0 Å². The first-order valence-corrected chi connectivity index (χ1v) is 13.4. The summed E-state index contributed by atoms with van der Waals surface area (Å²) in [5.74, 6) is 1.02. The van der Waals surface area contributed by atoms with Crippen LogP contribution in [0.1, 0.15) is 56.3 Å². The molecule has 1 aromatic carbocycles. The summed E-state index contributed by atoms with van der Waals surface area (Å²) in [5, 5.41) is 7.76. The number of fused-ring (bicyclic) bond motifs is 1. The van der Waals surface area contributed by atoms with E-state index in [1.54, 1.807) is 24.1 Å². The van der Waals surface area contributed by atoms with Crippen LogP contribution in [0.15, 0.2) is 53.8 Å². The van der Waals surface area contributed by atoms with Crippen molar-refractivity contribution in [2.45, 2.75) is 57.0 Å². The minimum Gasteiger partial charge on any atom is -0.351 e. The Kier molecular flexibility index (Phi) is 5.48. The van der Waals surface area contributed by atoms with Gasteiger partial charge in [0.1, 0.15) is 29.8 Å². The standard InChI is InChI=1S/C29H29FN8O/c1-29(8-3-9-29)33-14-20-13-24-26(35-20)28(39)38(16-32-24)25-11-18(10-23(36-25)17-4-5-17)21-7-6-19(30)12-22(21)27-31-15-34-37(27)2/h6-7,10-13,15-17,33,35H,3-5,8-9,14H2,1-2H3. The fourth-order valence-electron chi connectivity index (χ4n) is 5.40. The van der Waals surface area contributed by atoms with Gasteiger partial charge in [0.2, 0.25) is 0 Å². The molecule has 2 N–H and O–H groups in total. The van der Waals surface area contributed by atoms with Gasteiger partial charge < -0.3 is 10.3 Å². The van der Waals surface area contributed by atoms with Gasteiger partial charge in [-0.15, -0.1) is 0 Å². The van der Waals surface area contributed by atoms with E-state index in [0.717, 1.165) is 48.2 Å². The normalized spacial score (nSPS) is 16.5. The van der Waals surface area contributed by atoms with Crippen LogP contribution in [0, 0.1) is 5.82 Å². The molecular weight excluding hydrogens is 495 g/mol. The quantitative estimate of drug-likeness (QED) is 0.322. The topological polar surface area (TPSA) is 106 Å². The first kappa shape index (κ1) is 23.9. The molecule has 0 radical (unpaired) electrons. The average molecular weight is 525 g/mol. The maximum atomic E-state index is 14.4. The van der Waals surface area contributed by atoms with Gasteiger partial charge in [-0.3, -0.25) is 4.79 Å². The number of aryl methyl sites for hydroxylation is 1. The second-order valence-electron chi connectivity index (χ2n) is 11.1. The Hall–Kier alpha value is -4.18. The highest BCUT2D eigenvalue weighted by atomic mass is 19.1. The van der Waals surface area contributed by atoms with Gasteiger partial charge in [0.05, 0.1) is 5.52 Å². The number of benzene rings is 1. The Morgan fingerprint density at radius 3 is 2.69 bits per heavy atom. The summed E-state index contributed by atoms with van der Waals surface area (Å²) in [6.45, 7) is 2.89. The lowest BCUT2D eigenvalue weighted by Crippen LogP contribution is -2.47. The van der Waals surface area contributed by atoms with Crippen LogP contribution < -0.4 is 10.9 Å². The average Bonchev–Trinajstić information content (AvgIpc) is 3.54. The molecule has 2 aliphatic carbocycles. The Morgan fingerprint density at radius 2 is 1.97 bits per heavy atom. The highest BCUT2D eigenvalue weighted by molar-refractivity contribution is 5.82. The van der Waals surface area contributed by atoms with E-state index in [0.29, 0.717) is 40.7 Å². The third-order valence-corrected chi connectivity index (χ3v) is 8.08. The zero-order chi connectivity index (χ0) is 26.7. The van der Waals surface area contributed by atoms with Gasteiger partial charge in [0.25, 0.3) is 5.56 Å². The number of pyridine rings is 1. The number of hydrogen-bond acceptors (Lipinski definition) is 6. The zero-order valence-corrected chi connectivity index (χ0v) is 21.9. The molecule has 2 fully saturated rings. The summed E-state index contributed by atoms with van der Waals surface area (Å²) in [6, 6.07) is 10.5. The Morgan fingerprint density at radius 1 is 1.13 bits per heavy atom. The number of aromatic amines is 1. The van der Waals surface area contributed by atoms with Crippen molar-refractivity contribution in [2.24, 2.45) is 7.05 Å². The molecule has 5 aromatic rings. The molecule has 0 atom stereocenters. The molecule has 9 nitrogen and oxygen atoms in total. The van der Waals surface area contributed by atoms with Crippen molar-refractivity contribution in [3.05, 3.63) is 76.6 Å². The van der Waals surface area contributed by atoms with Crippen molar-refractivity contribution in [3.63, 3.8) is 0 Å². The third-order valence-electron chi connectivity index (χ3n) is 8.08. The van der Waals surface area contributed by atoms with Gasteiger partial charge in [-0.05, 0) is 80.5 Å². The molecule has 39 heavy (non-hydrogen) atoms. The Balaban J connectivity index is 1.32. The van der Waals surface area contributed by atoms with Crippen LogP contribution in [0.3, 0.4) is 0 Å². The van der Waals surface area contributed by atoms with E-state index in [4.69, 9.17) is 4.98 Å². The van der Waals surface area contributed by atoms with Crippen LogP contribution in [-0.2, 0) is 13.6 Å². The second-order valence-corrected chi connectivity index (χ2v) is 11.1. The highest BCUT2D eigenvalue weighted by Crippen LogP contribution is 2.41. The molecule has 0 unspecified atom stereocenters. The number of nitrogens with one attached hydrogen (secondary N) is 2. The molecule has 0 amide bonds. The summed E-state index contributed by atoms with van der Waals surface area (Å²) >= 11 is 0. The summed E-state index contributed by atoms with van der Waals surface area (Å²) in [5.41, 5.74) is 5.13. The van der Waals surface area contributed by atoms with Crippen LogP contribution in [-0.4, -0.2) is 39.8 Å². The maximum Gasteiger partial charge on any atom is 0.283 e. The SMILES string of the molecule is Cn1ncnc1-c1cc(F)ccc1-c1cc(C2CC2)nc(-n2cnc3cc(CNC4(C)CCC4)[nH]c3c2=O)c1. The van der Waals surface area contributed by atoms with Crippen molar-refractivity contribution in [2.75, 3.05) is 0 Å². The number of halogens is 1. The van der Waals surface area contributed by atoms with Crippen LogP contribution >= 0.6 is 0 Å². The van der Waals surface area contributed by atoms with E-state index in [-0.39, 0.29) is 16.9 Å². The van der Waals surface area contributed by atoms with Gasteiger partial charge in [0.15, 0.2) is 5.82 Å². The van der Waals surface area contributed by atoms with E-state index in [1.807, 2.05) is 18.2 Å². The summed E-state index contributed by atoms with van der Waals surface area (Å²) in [7, 11) is 1.78. The lowest BCUT2D eigenvalue weighted by Gasteiger charge is -2.39. The van der Waals surface area contributed by atoms with Crippen LogP contribution in [0.4, 0.5) is 4.39 Å². The highest BCUT2D eigenvalue weighted by Gasteiger charge is 2.31. The number of hydrogen-bond donors (Lipinski definition) is 2. The van der Waals surface area contributed by atoms with Gasteiger partial charge in [-0.1, -0.05) is 6.07 Å².